The molecule has 0 bridgehead atoms. The minimum Gasteiger partial charge on any atom is -0.494 e. The van der Waals surface area contributed by atoms with Crippen LogP contribution in [0.25, 0.3) is 11.3 Å². The predicted octanol–water partition coefficient (Wildman–Crippen LogP) is 3.31. The highest BCUT2D eigenvalue weighted by Crippen LogP contribution is 2.30. The van der Waals surface area contributed by atoms with Crippen LogP contribution in [0, 0.1) is 0 Å². The van der Waals surface area contributed by atoms with Gasteiger partial charge in [-0.2, -0.15) is 0 Å². The van der Waals surface area contributed by atoms with Crippen molar-refractivity contribution in [3.05, 3.63) is 55.3 Å². The molecule has 1 aliphatic rings. The molecule has 0 radical (unpaired) electrons. The Hall–Kier alpha value is -2.82. The van der Waals surface area contributed by atoms with Crippen LogP contribution in [0.2, 0.25) is 0 Å². The zero-order valence-electron chi connectivity index (χ0n) is 14.4. The van der Waals surface area contributed by atoms with Gasteiger partial charge >= 0.3 is 0 Å². The van der Waals surface area contributed by atoms with Crippen molar-refractivity contribution in [2.24, 2.45) is 0 Å². The molecule has 25 heavy (non-hydrogen) atoms. The first-order chi connectivity index (χ1) is 12.2. The van der Waals surface area contributed by atoms with Crippen LogP contribution in [-0.2, 0) is 4.79 Å². The van der Waals surface area contributed by atoms with E-state index in [4.69, 9.17) is 9.47 Å². The highest BCUT2D eigenvalue weighted by atomic mass is 16.5. The SMILES string of the molecule is C=CC(=O)N1CCC(Oc2cccc(-c3ncccc3OC)c2)CC1. The Kier molecular flexibility index (Phi) is 5.33. The smallest absolute Gasteiger partial charge is 0.245 e. The van der Waals surface area contributed by atoms with Gasteiger partial charge in [0.05, 0.1) is 7.11 Å². The van der Waals surface area contributed by atoms with E-state index in [0.717, 1.165) is 35.6 Å². The third-order valence-electron chi connectivity index (χ3n) is 4.33. The normalized spacial score (nSPS) is 14.8. The number of rotatable bonds is 5. The molecule has 0 saturated carbocycles. The van der Waals surface area contributed by atoms with E-state index in [1.165, 1.54) is 6.08 Å². The monoisotopic (exact) mass is 338 g/mol. The number of piperidine rings is 1. The number of hydrogen-bond donors (Lipinski definition) is 0. The Morgan fingerprint density at radius 1 is 1.28 bits per heavy atom. The summed E-state index contributed by atoms with van der Waals surface area (Å²) >= 11 is 0. The first-order valence-corrected chi connectivity index (χ1v) is 8.38. The van der Waals surface area contributed by atoms with E-state index in [2.05, 4.69) is 11.6 Å². The number of likely N-dealkylation sites (tertiary alicyclic amines) is 1. The molecule has 130 valence electrons. The zero-order valence-corrected chi connectivity index (χ0v) is 14.4. The van der Waals surface area contributed by atoms with E-state index in [1.807, 2.05) is 41.3 Å². The summed E-state index contributed by atoms with van der Waals surface area (Å²) in [7, 11) is 1.64. The Labute approximate surface area is 147 Å². The molecule has 0 unspecified atom stereocenters. The largest absolute Gasteiger partial charge is 0.494 e. The van der Waals surface area contributed by atoms with Crippen LogP contribution in [0.1, 0.15) is 12.8 Å². The van der Waals surface area contributed by atoms with E-state index in [9.17, 15) is 4.79 Å². The quantitative estimate of drug-likeness (QED) is 0.785. The Bertz CT molecular complexity index is 752. The molecule has 2 aromatic rings. The van der Waals surface area contributed by atoms with E-state index >= 15 is 0 Å². The second-order valence-corrected chi connectivity index (χ2v) is 5.93. The average Bonchev–Trinajstić information content (AvgIpc) is 2.68. The van der Waals surface area contributed by atoms with Crippen LogP contribution < -0.4 is 9.47 Å². The zero-order chi connectivity index (χ0) is 17.6. The molecule has 1 saturated heterocycles. The summed E-state index contributed by atoms with van der Waals surface area (Å²) < 4.78 is 11.5. The van der Waals surface area contributed by atoms with Crippen molar-refractivity contribution in [3.8, 4) is 22.8 Å². The molecule has 0 aliphatic carbocycles. The molecular formula is C20H22N2O3. The summed E-state index contributed by atoms with van der Waals surface area (Å²) in [6, 6.07) is 11.6. The van der Waals surface area contributed by atoms with Gasteiger partial charge in [0, 0.05) is 37.7 Å². The van der Waals surface area contributed by atoms with Crippen molar-refractivity contribution in [1.29, 1.82) is 0 Å². The number of carbonyl (C=O) groups is 1. The number of amides is 1. The van der Waals surface area contributed by atoms with E-state index in [0.29, 0.717) is 13.1 Å². The molecule has 0 spiro atoms. The minimum absolute atomic E-state index is 0.0114. The van der Waals surface area contributed by atoms with Gasteiger partial charge in [-0.15, -0.1) is 0 Å². The van der Waals surface area contributed by atoms with Crippen LogP contribution in [0.4, 0.5) is 0 Å². The third kappa shape index (κ3) is 3.99. The van der Waals surface area contributed by atoms with Crippen molar-refractivity contribution >= 4 is 5.91 Å². The molecule has 1 aliphatic heterocycles. The first kappa shape index (κ1) is 17.0. The maximum absolute atomic E-state index is 11.6. The first-order valence-electron chi connectivity index (χ1n) is 8.38. The standard InChI is InChI=1S/C20H22N2O3/c1-3-19(23)22-12-9-16(10-13-22)25-17-7-4-6-15(14-17)20-18(24-2)8-5-11-21-20/h3-8,11,14,16H,1,9-10,12-13H2,2H3. The van der Waals surface area contributed by atoms with Gasteiger partial charge in [0.15, 0.2) is 0 Å². The summed E-state index contributed by atoms with van der Waals surface area (Å²) in [5.41, 5.74) is 1.75. The van der Waals surface area contributed by atoms with Gasteiger partial charge in [-0.05, 0) is 30.3 Å². The highest BCUT2D eigenvalue weighted by Gasteiger charge is 2.22. The van der Waals surface area contributed by atoms with E-state index in [-0.39, 0.29) is 12.0 Å². The van der Waals surface area contributed by atoms with Gasteiger partial charge in [-0.3, -0.25) is 9.78 Å². The Morgan fingerprint density at radius 2 is 2.08 bits per heavy atom. The van der Waals surface area contributed by atoms with Crippen LogP contribution in [0.5, 0.6) is 11.5 Å². The number of hydrogen-bond acceptors (Lipinski definition) is 4. The number of aromatic nitrogens is 1. The van der Waals surface area contributed by atoms with Crippen LogP contribution in [0.15, 0.2) is 55.3 Å². The average molecular weight is 338 g/mol. The lowest BCUT2D eigenvalue weighted by Crippen LogP contribution is -2.41. The summed E-state index contributed by atoms with van der Waals surface area (Å²) in [6.07, 6.45) is 4.85. The van der Waals surface area contributed by atoms with Gasteiger partial charge in [0.25, 0.3) is 0 Å². The second kappa shape index (κ2) is 7.83. The molecule has 0 N–H and O–H groups in total. The van der Waals surface area contributed by atoms with Crippen LogP contribution >= 0.6 is 0 Å². The van der Waals surface area contributed by atoms with Gasteiger partial charge < -0.3 is 14.4 Å². The fourth-order valence-electron chi connectivity index (χ4n) is 3.00. The van der Waals surface area contributed by atoms with Crippen molar-refractivity contribution in [2.45, 2.75) is 18.9 Å². The Morgan fingerprint density at radius 3 is 2.80 bits per heavy atom. The minimum atomic E-state index is -0.0114. The van der Waals surface area contributed by atoms with Crippen LogP contribution in [0.3, 0.4) is 0 Å². The number of ether oxygens (including phenoxy) is 2. The maximum Gasteiger partial charge on any atom is 0.245 e. The summed E-state index contributed by atoms with van der Waals surface area (Å²) in [6.45, 7) is 4.93. The predicted molar refractivity (Wildman–Crippen MR) is 96.7 cm³/mol. The number of carbonyl (C=O) groups excluding carboxylic acids is 1. The van der Waals surface area contributed by atoms with Crippen molar-refractivity contribution < 1.29 is 14.3 Å². The lowest BCUT2D eigenvalue weighted by atomic mass is 10.1. The molecule has 1 aromatic carbocycles. The van der Waals surface area contributed by atoms with Crippen molar-refractivity contribution in [1.82, 2.24) is 9.88 Å². The molecule has 1 aromatic heterocycles. The topological polar surface area (TPSA) is 51.7 Å². The molecular weight excluding hydrogens is 316 g/mol. The molecule has 1 fully saturated rings. The van der Waals surface area contributed by atoms with Crippen LogP contribution in [-0.4, -0.2) is 42.1 Å². The number of nitrogens with zero attached hydrogens (tertiary/aromatic N) is 2. The lowest BCUT2D eigenvalue weighted by Gasteiger charge is -2.31. The molecule has 0 atom stereocenters. The van der Waals surface area contributed by atoms with Crippen molar-refractivity contribution in [2.75, 3.05) is 20.2 Å². The number of pyridine rings is 1. The second-order valence-electron chi connectivity index (χ2n) is 5.93. The van der Waals surface area contributed by atoms with Gasteiger partial charge in [0.2, 0.25) is 5.91 Å². The Balaban J connectivity index is 1.69. The summed E-state index contributed by atoms with van der Waals surface area (Å²) in [4.78, 5) is 17.9. The summed E-state index contributed by atoms with van der Waals surface area (Å²) in [5, 5.41) is 0. The van der Waals surface area contributed by atoms with E-state index in [1.54, 1.807) is 13.3 Å². The lowest BCUT2D eigenvalue weighted by molar-refractivity contribution is -0.127. The molecule has 5 heteroatoms. The highest BCUT2D eigenvalue weighted by molar-refractivity contribution is 5.87. The molecule has 3 rings (SSSR count). The fourth-order valence-corrected chi connectivity index (χ4v) is 3.00. The summed E-state index contributed by atoms with van der Waals surface area (Å²) in [5.74, 6) is 1.53. The van der Waals surface area contributed by atoms with Gasteiger partial charge in [0.1, 0.15) is 23.3 Å². The maximum atomic E-state index is 11.6. The van der Waals surface area contributed by atoms with E-state index < -0.39 is 0 Å². The molecule has 2 heterocycles. The number of benzene rings is 1. The fraction of sp³-hybridized carbons (Fsp3) is 0.300. The number of methoxy groups -OCH3 is 1. The molecule has 5 nitrogen and oxygen atoms in total. The van der Waals surface area contributed by atoms with Crippen molar-refractivity contribution in [3.63, 3.8) is 0 Å². The third-order valence-corrected chi connectivity index (χ3v) is 4.33. The van der Waals surface area contributed by atoms with Gasteiger partial charge in [-0.1, -0.05) is 18.7 Å². The molecule has 1 amide bonds. The van der Waals surface area contributed by atoms with Gasteiger partial charge in [-0.25, -0.2) is 0 Å².